The third-order valence-electron chi connectivity index (χ3n) is 4.16. The molecule has 3 aromatic rings. The lowest BCUT2D eigenvalue weighted by atomic mass is 9.98. The summed E-state index contributed by atoms with van der Waals surface area (Å²) in [7, 11) is 0. The first-order valence-corrected chi connectivity index (χ1v) is 9.25. The highest BCUT2D eigenvalue weighted by Crippen LogP contribution is 2.29. The maximum absolute atomic E-state index is 13.0. The van der Waals surface area contributed by atoms with Gasteiger partial charge < -0.3 is 14.4 Å². The van der Waals surface area contributed by atoms with Crippen LogP contribution in [0.25, 0.3) is 5.69 Å². The largest absolute Gasteiger partial charge is 0.573 e. The van der Waals surface area contributed by atoms with E-state index in [1.54, 1.807) is 35.9 Å². The number of aryl methyl sites for hydroxylation is 2. The molecule has 5 nitrogen and oxygen atoms in total. The Balaban J connectivity index is 1.94. The maximum atomic E-state index is 13.0. The molecule has 0 radical (unpaired) electrons. The van der Waals surface area contributed by atoms with Crippen molar-refractivity contribution in [3.63, 3.8) is 0 Å². The van der Waals surface area contributed by atoms with E-state index in [-0.39, 0.29) is 11.1 Å². The summed E-state index contributed by atoms with van der Waals surface area (Å²) in [5.41, 5.74) is 1.69. The first-order chi connectivity index (χ1) is 13.5. The number of nitrogens with zero attached hydrogens (tertiary/aromatic N) is 2. The van der Waals surface area contributed by atoms with E-state index in [4.69, 9.17) is 0 Å². The lowest BCUT2D eigenvalue weighted by Crippen LogP contribution is -2.17. The molecule has 152 valence electrons. The van der Waals surface area contributed by atoms with Crippen LogP contribution in [0, 0.1) is 13.8 Å². The van der Waals surface area contributed by atoms with E-state index in [9.17, 15) is 23.1 Å². The van der Waals surface area contributed by atoms with Crippen molar-refractivity contribution < 1.29 is 27.8 Å². The lowest BCUT2D eigenvalue weighted by molar-refractivity contribution is -0.274. The van der Waals surface area contributed by atoms with Crippen LogP contribution in [0.4, 0.5) is 13.2 Å². The first kappa shape index (κ1) is 21.1. The molecule has 1 atom stereocenters. The minimum absolute atomic E-state index is 0.147. The van der Waals surface area contributed by atoms with E-state index in [1.807, 2.05) is 6.92 Å². The molecule has 2 aromatic carbocycles. The summed E-state index contributed by atoms with van der Waals surface area (Å²) in [5.74, 6) is -0.368. The average Bonchev–Trinajstić information content (AvgIpc) is 2.98. The number of imidazole rings is 1. The number of ketones is 1. The molecular weight excluding hydrogens is 453 g/mol. The Kier molecular flexibility index (Phi) is 5.81. The normalized spacial score (nSPS) is 12.7. The van der Waals surface area contributed by atoms with Gasteiger partial charge in [-0.15, -0.1) is 13.2 Å². The summed E-state index contributed by atoms with van der Waals surface area (Å²) in [5, 5.41) is 10.5. The van der Waals surface area contributed by atoms with Crippen molar-refractivity contribution in [3.8, 4) is 11.4 Å². The predicted octanol–water partition coefficient (Wildman–Crippen LogP) is 5.07. The number of aliphatic hydroxyl groups is 1. The van der Waals surface area contributed by atoms with Crippen LogP contribution in [0.1, 0.15) is 33.5 Å². The Morgan fingerprint density at radius 3 is 2.38 bits per heavy atom. The van der Waals surface area contributed by atoms with Crippen LogP contribution < -0.4 is 4.74 Å². The topological polar surface area (TPSA) is 64.4 Å². The second kappa shape index (κ2) is 8.00. The van der Waals surface area contributed by atoms with Crippen LogP contribution in [-0.4, -0.2) is 26.8 Å². The fourth-order valence-electron chi connectivity index (χ4n) is 2.93. The Hall–Kier alpha value is -2.65. The van der Waals surface area contributed by atoms with Gasteiger partial charge in [0.15, 0.2) is 5.78 Å². The number of halogens is 4. The van der Waals surface area contributed by atoms with E-state index in [1.165, 1.54) is 12.1 Å². The number of aromatic nitrogens is 2. The van der Waals surface area contributed by atoms with Crippen LogP contribution in [0.2, 0.25) is 0 Å². The standard InChI is InChI=1S/C20H16BrF3N2O3/c1-11-10-26(12(2)25-11)17-8-5-14(21)9-16(17)19(28)18(27)13-3-6-15(7-4-13)29-20(22,23)24/h3-10,18,27H,1-2H3. The Bertz CT molecular complexity index is 1050. The molecule has 0 aliphatic rings. The summed E-state index contributed by atoms with van der Waals surface area (Å²) in [6, 6.07) is 9.59. The van der Waals surface area contributed by atoms with Gasteiger partial charge in [-0.05, 0) is 49.7 Å². The van der Waals surface area contributed by atoms with Crippen molar-refractivity contribution in [2.24, 2.45) is 0 Å². The van der Waals surface area contributed by atoms with Crippen molar-refractivity contribution in [2.75, 3.05) is 0 Å². The molecule has 0 spiro atoms. The van der Waals surface area contributed by atoms with Crippen molar-refractivity contribution >= 4 is 21.7 Å². The average molecular weight is 469 g/mol. The summed E-state index contributed by atoms with van der Waals surface area (Å²) >= 11 is 3.32. The zero-order valence-corrected chi connectivity index (χ0v) is 17.0. The van der Waals surface area contributed by atoms with Gasteiger partial charge in [-0.3, -0.25) is 4.79 Å². The van der Waals surface area contributed by atoms with Gasteiger partial charge in [-0.2, -0.15) is 0 Å². The predicted molar refractivity (Wildman–Crippen MR) is 103 cm³/mol. The van der Waals surface area contributed by atoms with Crippen LogP contribution in [0.5, 0.6) is 5.75 Å². The Morgan fingerprint density at radius 1 is 1.17 bits per heavy atom. The van der Waals surface area contributed by atoms with E-state index < -0.39 is 24.0 Å². The highest BCUT2D eigenvalue weighted by molar-refractivity contribution is 9.10. The van der Waals surface area contributed by atoms with Gasteiger partial charge in [0.25, 0.3) is 0 Å². The first-order valence-electron chi connectivity index (χ1n) is 8.45. The molecule has 0 saturated heterocycles. The molecule has 0 amide bonds. The van der Waals surface area contributed by atoms with E-state index in [0.717, 1.165) is 17.8 Å². The molecule has 1 heterocycles. The number of aliphatic hydroxyl groups excluding tert-OH is 1. The van der Waals surface area contributed by atoms with Crippen LogP contribution in [-0.2, 0) is 0 Å². The Morgan fingerprint density at radius 2 is 1.83 bits per heavy atom. The highest BCUT2D eigenvalue weighted by Gasteiger charge is 2.31. The smallest absolute Gasteiger partial charge is 0.406 e. The molecule has 3 rings (SSSR count). The molecule has 0 fully saturated rings. The molecule has 1 N–H and O–H groups in total. The van der Waals surface area contributed by atoms with Gasteiger partial charge in [0.2, 0.25) is 0 Å². The molecule has 1 aromatic heterocycles. The molecular formula is C20H16BrF3N2O3. The quantitative estimate of drug-likeness (QED) is 0.531. The Labute approximate surface area is 172 Å². The second-order valence-corrected chi connectivity index (χ2v) is 7.26. The van der Waals surface area contributed by atoms with Gasteiger partial charge in [0, 0.05) is 16.2 Å². The van der Waals surface area contributed by atoms with E-state index in [2.05, 4.69) is 25.7 Å². The fourth-order valence-corrected chi connectivity index (χ4v) is 3.29. The van der Waals surface area contributed by atoms with Gasteiger partial charge >= 0.3 is 6.36 Å². The maximum Gasteiger partial charge on any atom is 0.573 e. The molecule has 29 heavy (non-hydrogen) atoms. The van der Waals surface area contributed by atoms with E-state index in [0.29, 0.717) is 16.0 Å². The van der Waals surface area contributed by atoms with Crippen LogP contribution >= 0.6 is 15.9 Å². The summed E-state index contributed by atoms with van der Waals surface area (Å²) < 4.78 is 43.1. The number of benzene rings is 2. The molecule has 1 unspecified atom stereocenters. The van der Waals surface area contributed by atoms with Gasteiger partial charge in [-0.25, -0.2) is 4.98 Å². The molecule has 0 saturated carbocycles. The van der Waals surface area contributed by atoms with E-state index >= 15 is 0 Å². The number of carbonyl (C=O) groups is 1. The number of alkyl halides is 3. The summed E-state index contributed by atoms with van der Waals surface area (Å²) in [4.78, 5) is 17.3. The van der Waals surface area contributed by atoms with Crippen molar-refractivity contribution in [2.45, 2.75) is 26.3 Å². The van der Waals surface area contributed by atoms with Gasteiger partial charge in [0.1, 0.15) is 17.7 Å². The summed E-state index contributed by atoms with van der Waals surface area (Å²) in [6.07, 6.45) is -4.61. The third-order valence-corrected chi connectivity index (χ3v) is 4.66. The molecule has 0 bridgehead atoms. The lowest BCUT2D eigenvalue weighted by Gasteiger charge is -2.16. The third kappa shape index (κ3) is 4.86. The SMILES string of the molecule is Cc1cn(-c2ccc(Br)cc2C(=O)C(O)c2ccc(OC(F)(F)F)cc2)c(C)n1. The number of Topliss-reactive ketones (excluding diaryl/α,β-unsaturated/α-hetero) is 1. The highest BCUT2D eigenvalue weighted by atomic mass is 79.9. The van der Waals surface area contributed by atoms with Crippen molar-refractivity contribution in [1.82, 2.24) is 9.55 Å². The number of hydrogen-bond donors (Lipinski definition) is 1. The molecule has 0 aliphatic heterocycles. The van der Waals surface area contributed by atoms with Gasteiger partial charge in [-0.1, -0.05) is 28.1 Å². The van der Waals surface area contributed by atoms with Crippen molar-refractivity contribution in [1.29, 1.82) is 0 Å². The van der Waals surface area contributed by atoms with Gasteiger partial charge in [0.05, 0.1) is 11.4 Å². The minimum atomic E-state index is -4.82. The van der Waals surface area contributed by atoms with Crippen molar-refractivity contribution in [3.05, 3.63) is 75.8 Å². The summed E-state index contributed by atoms with van der Waals surface area (Å²) in [6.45, 7) is 3.61. The monoisotopic (exact) mass is 468 g/mol. The molecule has 0 aliphatic carbocycles. The molecule has 9 heteroatoms. The van der Waals surface area contributed by atoms with Crippen LogP contribution in [0.15, 0.2) is 53.1 Å². The number of hydrogen-bond acceptors (Lipinski definition) is 4. The zero-order chi connectivity index (χ0) is 21.3. The fraction of sp³-hybridized carbons (Fsp3) is 0.200. The minimum Gasteiger partial charge on any atom is -0.406 e. The number of rotatable bonds is 5. The van der Waals surface area contributed by atoms with Crippen LogP contribution in [0.3, 0.4) is 0 Å². The number of carbonyl (C=O) groups excluding carboxylic acids is 1. The number of ether oxygens (including phenoxy) is 1. The second-order valence-electron chi connectivity index (χ2n) is 6.34. The zero-order valence-electron chi connectivity index (χ0n) is 15.4.